The molecule has 0 radical (unpaired) electrons. The summed E-state index contributed by atoms with van der Waals surface area (Å²) in [5.74, 6) is -2.58. The molecule has 2 aromatic heterocycles. The number of nitrogens with zero attached hydrogens (tertiary/aromatic N) is 3. The van der Waals surface area contributed by atoms with Crippen LogP contribution in [0, 0.1) is 24.5 Å². The summed E-state index contributed by atoms with van der Waals surface area (Å²) in [6.07, 6.45) is 6.53. The van der Waals surface area contributed by atoms with Crippen LogP contribution in [0.1, 0.15) is 59.7 Å². The van der Waals surface area contributed by atoms with Crippen molar-refractivity contribution in [1.82, 2.24) is 25.7 Å². The summed E-state index contributed by atoms with van der Waals surface area (Å²) in [5.41, 5.74) is 0.891. The van der Waals surface area contributed by atoms with E-state index in [9.17, 15) is 18.4 Å². The highest BCUT2D eigenvalue weighted by Crippen LogP contribution is 2.29. The van der Waals surface area contributed by atoms with Gasteiger partial charge in [-0.15, -0.1) is 11.3 Å². The van der Waals surface area contributed by atoms with Gasteiger partial charge in [-0.3, -0.25) is 14.5 Å². The standard InChI is InChI=1S/C27H31F2N5O3S/c1-16-15-38-25(31-16)13-30-26(35)20-14-34(18-5-3-2-4-6-18)10-9-22(20)32-27(36)23-12-24(37-33-23)19-8-7-17(28)11-21(19)29/h7-8,11-12,15,18,20,22H,2-6,9-10,13-14H2,1H3,(H,30,35)(H,32,36)/t20-,22-/m1/s1. The monoisotopic (exact) mass is 543 g/mol. The first-order chi connectivity index (χ1) is 18.4. The molecular formula is C27H31F2N5O3S. The Bertz CT molecular complexity index is 1290. The maximum Gasteiger partial charge on any atom is 0.273 e. The van der Waals surface area contributed by atoms with Crippen LogP contribution in [0.5, 0.6) is 0 Å². The van der Waals surface area contributed by atoms with Crippen molar-refractivity contribution >= 4 is 23.2 Å². The van der Waals surface area contributed by atoms with Crippen molar-refractivity contribution in [3.8, 4) is 11.3 Å². The number of thiazole rings is 1. The zero-order valence-corrected chi connectivity index (χ0v) is 22.0. The minimum Gasteiger partial charge on any atom is -0.355 e. The zero-order chi connectivity index (χ0) is 26.6. The largest absolute Gasteiger partial charge is 0.355 e. The third kappa shape index (κ3) is 6.10. The third-order valence-electron chi connectivity index (χ3n) is 7.41. The normalized spacial score (nSPS) is 20.8. The molecule has 1 saturated carbocycles. The number of halogens is 2. The van der Waals surface area contributed by atoms with Crippen LogP contribution < -0.4 is 10.6 Å². The highest BCUT2D eigenvalue weighted by molar-refractivity contribution is 7.09. The van der Waals surface area contributed by atoms with Gasteiger partial charge in [0.25, 0.3) is 5.91 Å². The molecule has 1 aliphatic heterocycles. The Morgan fingerprint density at radius 2 is 1.97 bits per heavy atom. The van der Waals surface area contributed by atoms with Gasteiger partial charge in [0.05, 0.1) is 18.0 Å². The van der Waals surface area contributed by atoms with Crippen LogP contribution in [-0.4, -0.2) is 52.0 Å². The molecule has 5 rings (SSSR count). The van der Waals surface area contributed by atoms with Gasteiger partial charge >= 0.3 is 0 Å². The van der Waals surface area contributed by atoms with Crippen LogP contribution in [0.4, 0.5) is 8.78 Å². The fraction of sp³-hybridized carbons (Fsp3) is 0.481. The van der Waals surface area contributed by atoms with Crippen molar-refractivity contribution in [2.24, 2.45) is 5.92 Å². The highest BCUT2D eigenvalue weighted by atomic mass is 32.1. The van der Waals surface area contributed by atoms with Gasteiger partial charge in [0, 0.05) is 48.4 Å². The van der Waals surface area contributed by atoms with Gasteiger partial charge in [-0.25, -0.2) is 13.8 Å². The van der Waals surface area contributed by atoms with Crippen LogP contribution in [0.2, 0.25) is 0 Å². The van der Waals surface area contributed by atoms with Crippen molar-refractivity contribution in [3.63, 3.8) is 0 Å². The number of rotatable bonds is 7. The minimum atomic E-state index is -0.810. The van der Waals surface area contributed by atoms with Crippen LogP contribution in [0.3, 0.4) is 0 Å². The maximum absolute atomic E-state index is 14.2. The van der Waals surface area contributed by atoms with Crippen molar-refractivity contribution in [2.45, 2.75) is 64.1 Å². The van der Waals surface area contributed by atoms with E-state index in [-0.39, 0.29) is 22.9 Å². The first-order valence-electron chi connectivity index (χ1n) is 13.0. The van der Waals surface area contributed by atoms with E-state index >= 15 is 0 Å². The second-order valence-corrected chi connectivity index (χ2v) is 11.0. The highest BCUT2D eigenvalue weighted by Gasteiger charge is 2.38. The summed E-state index contributed by atoms with van der Waals surface area (Å²) < 4.78 is 32.6. The van der Waals surface area contributed by atoms with Gasteiger partial charge in [0.1, 0.15) is 16.6 Å². The van der Waals surface area contributed by atoms with Gasteiger partial charge in [-0.2, -0.15) is 0 Å². The molecule has 3 aromatic rings. The van der Waals surface area contributed by atoms with Gasteiger partial charge < -0.3 is 15.2 Å². The van der Waals surface area contributed by atoms with Crippen LogP contribution in [0.15, 0.2) is 34.2 Å². The Labute approximate surface area is 223 Å². The number of amides is 2. The van der Waals surface area contributed by atoms with E-state index in [2.05, 4.69) is 25.7 Å². The molecule has 2 fully saturated rings. The van der Waals surface area contributed by atoms with Crippen molar-refractivity contribution in [1.29, 1.82) is 0 Å². The van der Waals surface area contributed by atoms with E-state index in [1.54, 1.807) is 0 Å². The molecule has 38 heavy (non-hydrogen) atoms. The summed E-state index contributed by atoms with van der Waals surface area (Å²) in [4.78, 5) is 33.3. The minimum absolute atomic E-state index is 0.00779. The number of benzene rings is 1. The molecule has 8 nitrogen and oxygen atoms in total. The molecule has 11 heteroatoms. The molecule has 1 aliphatic carbocycles. The SMILES string of the molecule is Cc1csc(CNC(=O)[C@@H]2CN(C3CCCCC3)CC[C@H]2NC(=O)c2cc(-c3ccc(F)cc3F)on2)n1. The van der Waals surface area contributed by atoms with Crippen molar-refractivity contribution in [3.05, 3.63) is 57.7 Å². The van der Waals surface area contributed by atoms with E-state index in [1.807, 2.05) is 12.3 Å². The summed E-state index contributed by atoms with van der Waals surface area (Å²) in [6.45, 7) is 3.60. The van der Waals surface area contributed by atoms with Crippen LogP contribution in [-0.2, 0) is 11.3 Å². The predicted octanol–water partition coefficient (Wildman–Crippen LogP) is 4.45. The van der Waals surface area contributed by atoms with Gasteiger partial charge in [-0.05, 0) is 38.3 Å². The second kappa shape index (κ2) is 11.7. The molecule has 2 aliphatic rings. The Balaban J connectivity index is 1.28. The fourth-order valence-corrected chi connectivity index (χ4v) is 6.12. The van der Waals surface area contributed by atoms with Gasteiger partial charge in [-0.1, -0.05) is 24.4 Å². The molecule has 0 unspecified atom stereocenters. The molecular weight excluding hydrogens is 512 g/mol. The molecule has 0 spiro atoms. The molecule has 1 saturated heterocycles. The number of likely N-dealkylation sites (tertiary alicyclic amines) is 1. The number of hydrogen-bond acceptors (Lipinski definition) is 7. The second-order valence-electron chi connectivity index (χ2n) is 10.1. The number of nitrogens with one attached hydrogen (secondary N) is 2. The average Bonchev–Trinajstić information content (AvgIpc) is 3.57. The Morgan fingerprint density at radius 1 is 1.16 bits per heavy atom. The van der Waals surface area contributed by atoms with Gasteiger partial charge in [0.2, 0.25) is 5.91 Å². The molecule has 2 atom stereocenters. The number of carbonyl (C=O) groups is 2. The lowest BCUT2D eigenvalue weighted by atomic mass is 9.87. The molecule has 1 aromatic carbocycles. The Hall–Kier alpha value is -3.18. The molecule has 2 amide bonds. The molecule has 3 heterocycles. The van der Waals surface area contributed by atoms with E-state index < -0.39 is 29.5 Å². The quantitative estimate of drug-likeness (QED) is 0.457. The number of aromatic nitrogens is 2. The third-order valence-corrected chi connectivity index (χ3v) is 8.38. The van der Waals surface area contributed by atoms with Crippen LogP contribution >= 0.6 is 11.3 Å². The van der Waals surface area contributed by atoms with Crippen molar-refractivity contribution < 1.29 is 22.9 Å². The Morgan fingerprint density at radius 3 is 2.71 bits per heavy atom. The van der Waals surface area contributed by atoms with E-state index in [1.165, 1.54) is 42.7 Å². The van der Waals surface area contributed by atoms with Crippen LogP contribution in [0.25, 0.3) is 11.3 Å². The number of hydrogen-bond donors (Lipinski definition) is 2. The summed E-state index contributed by atoms with van der Waals surface area (Å²) in [7, 11) is 0. The van der Waals surface area contributed by atoms with Gasteiger partial charge in [0.15, 0.2) is 11.5 Å². The molecule has 202 valence electrons. The van der Waals surface area contributed by atoms with E-state index in [0.29, 0.717) is 25.6 Å². The topological polar surface area (TPSA) is 100 Å². The lowest BCUT2D eigenvalue weighted by Crippen LogP contribution is -2.57. The van der Waals surface area contributed by atoms with E-state index in [4.69, 9.17) is 4.52 Å². The molecule has 0 bridgehead atoms. The number of aryl methyl sites for hydroxylation is 1. The number of piperidine rings is 1. The lowest BCUT2D eigenvalue weighted by Gasteiger charge is -2.43. The fourth-order valence-electron chi connectivity index (χ4n) is 5.41. The summed E-state index contributed by atoms with van der Waals surface area (Å²) in [6, 6.07) is 4.47. The van der Waals surface area contributed by atoms with E-state index in [0.717, 1.165) is 42.2 Å². The first-order valence-corrected chi connectivity index (χ1v) is 13.9. The lowest BCUT2D eigenvalue weighted by molar-refractivity contribution is -0.128. The number of carbonyl (C=O) groups excluding carboxylic acids is 2. The Kier molecular flexibility index (Phi) is 8.13. The first kappa shape index (κ1) is 26.4. The summed E-state index contributed by atoms with van der Waals surface area (Å²) >= 11 is 1.50. The zero-order valence-electron chi connectivity index (χ0n) is 21.2. The smallest absolute Gasteiger partial charge is 0.273 e. The summed E-state index contributed by atoms with van der Waals surface area (Å²) in [5, 5.41) is 12.5. The average molecular weight is 544 g/mol. The predicted molar refractivity (Wildman–Crippen MR) is 138 cm³/mol. The molecule has 2 N–H and O–H groups in total. The van der Waals surface area contributed by atoms with Crippen molar-refractivity contribution in [2.75, 3.05) is 13.1 Å². The maximum atomic E-state index is 14.2.